The summed E-state index contributed by atoms with van der Waals surface area (Å²) in [5, 5.41) is 3.25. The predicted octanol–water partition coefficient (Wildman–Crippen LogP) is 1.70. The highest BCUT2D eigenvalue weighted by Gasteiger charge is 2.25. The highest BCUT2D eigenvalue weighted by molar-refractivity contribution is 7.09. The number of rotatable bonds is 3. The normalized spacial score (nSPS) is 28.1. The minimum atomic E-state index is 0.553. The molecule has 0 aliphatic carbocycles. The Hall–Kier alpha value is -0.450. The van der Waals surface area contributed by atoms with Gasteiger partial charge < -0.3 is 5.73 Å². The van der Waals surface area contributed by atoms with Gasteiger partial charge in [-0.25, -0.2) is 4.98 Å². The molecule has 1 aliphatic heterocycles. The molecule has 1 saturated heterocycles. The maximum absolute atomic E-state index is 5.83. The first-order valence-electron chi connectivity index (χ1n) is 5.62. The Kier molecular flexibility index (Phi) is 3.72. The number of thiazole rings is 1. The van der Waals surface area contributed by atoms with E-state index in [2.05, 4.69) is 16.8 Å². The molecule has 2 N–H and O–H groups in total. The first kappa shape index (κ1) is 11.0. The minimum Gasteiger partial charge on any atom is -0.329 e. The summed E-state index contributed by atoms with van der Waals surface area (Å²) in [6.45, 7) is 5.24. The Morgan fingerprint density at radius 3 is 3.20 bits per heavy atom. The lowest BCUT2D eigenvalue weighted by atomic mass is 9.92. The topological polar surface area (TPSA) is 42.2 Å². The number of hydrogen-bond acceptors (Lipinski definition) is 4. The van der Waals surface area contributed by atoms with Crippen molar-refractivity contribution in [3.05, 3.63) is 16.6 Å². The summed E-state index contributed by atoms with van der Waals surface area (Å²) in [4.78, 5) is 6.82. The van der Waals surface area contributed by atoms with Crippen molar-refractivity contribution in [2.45, 2.75) is 32.4 Å². The van der Waals surface area contributed by atoms with Gasteiger partial charge in [0.1, 0.15) is 5.01 Å². The first-order valence-corrected chi connectivity index (χ1v) is 6.50. The largest absolute Gasteiger partial charge is 0.329 e. The van der Waals surface area contributed by atoms with E-state index in [-0.39, 0.29) is 0 Å². The van der Waals surface area contributed by atoms with Crippen LogP contribution in [0.25, 0.3) is 0 Å². The van der Waals surface area contributed by atoms with Crippen LogP contribution in [-0.2, 0) is 6.54 Å². The summed E-state index contributed by atoms with van der Waals surface area (Å²) in [5.74, 6) is 0.825. The van der Waals surface area contributed by atoms with E-state index in [0.717, 1.165) is 19.0 Å². The van der Waals surface area contributed by atoms with Gasteiger partial charge in [0, 0.05) is 24.2 Å². The van der Waals surface area contributed by atoms with Gasteiger partial charge in [-0.15, -0.1) is 11.3 Å². The highest BCUT2D eigenvalue weighted by atomic mass is 32.1. The standard InChI is InChI=1S/C11H19N3S/c1-9-2-4-14(10(6-9)7-12)8-11-13-3-5-15-11/h3,5,9-10H,2,4,6-8,12H2,1H3. The van der Waals surface area contributed by atoms with Crippen LogP contribution in [0.2, 0.25) is 0 Å². The highest BCUT2D eigenvalue weighted by Crippen LogP contribution is 2.23. The Morgan fingerprint density at radius 2 is 2.53 bits per heavy atom. The van der Waals surface area contributed by atoms with Crippen molar-refractivity contribution in [1.82, 2.24) is 9.88 Å². The summed E-state index contributed by atoms with van der Waals surface area (Å²) < 4.78 is 0. The lowest BCUT2D eigenvalue weighted by molar-refractivity contribution is 0.115. The second kappa shape index (κ2) is 5.05. The van der Waals surface area contributed by atoms with E-state index >= 15 is 0 Å². The van der Waals surface area contributed by atoms with Crippen LogP contribution in [0.1, 0.15) is 24.8 Å². The summed E-state index contributed by atoms with van der Waals surface area (Å²) >= 11 is 1.74. The fourth-order valence-electron chi connectivity index (χ4n) is 2.26. The molecule has 2 unspecified atom stereocenters. The lowest BCUT2D eigenvalue weighted by Gasteiger charge is -2.37. The van der Waals surface area contributed by atoms with Gasteiger partial charge in [0.15, 0.2) is 0 Å². The molecule has 1 fully saturated rings. The molecule has 84 valence electrons. The van der Waals surface area contributed by atoms with Gasteiger partial charge in [-0.05, 0) is 25.3 Å². The minimum absolute atomic E-state index is 0.553. The van der Waals surface area contributed by atoms with Crippen molar-refractivity contribution < 1.29 is 0 Å². The third-order valence-corrected chi connectivity index (χ3v) is 3.96. The van der Waals surface area contributed by atoms with Gasteiger partial charge in [0.2, 0.25) is 0 Å². The predicted molar refractivity (Wildman–Crippen MR) is 63.8 cm³/mol. The zero-order chi connectivity index (χ0) is 10.7. The molecule has 0 saturated carbocycles. The fraction of sp³-hybridized carbons (Fsp3) is 0.727. The van der Waals surface area contributed by atoms with Crippen LogP contribution in [0.3, 0.4) is 0 Å². The van der Waals surface area contributed by atoms with Gasteiger partial charge in [-0.3, -0.25) is 4.90 Å². The molecule has 15 heavy (non-hydrogen) atoms. The van der Waals surface area contributed by atoms with Crippen molar-refractivity contribution >= 4 is 11.3 Å². The molecular weight excluding hydrogens is 206 g/mol. The molecule has 0 bridgehead atoms. The summed E-state index contributed by atoms with van der Waals surface area (Å²) in [5.41, 5.74) is 5.83. The van der Waals surface area contributed by atoms with E-state index in [1.165, 1.54) is 24.4 Å². The molecule has 2 atom stereocenters. The Labute approximate surface area is 95.3 Å². The van der Waals surface area contributed by atoms with Crippen LogP contribution in [0.15, 0.2) is 11.6 Å². The molecular formula is C11H19N3S. The van der Waals surface area contributed by atoms with Gasteiger partial charge in [-0.2, -0.15) is 0 Å². The van der Waals surface area contributed by atoms with E-state index in [9.17, 15) is 0 Å². The van der Waals surface area contributed by atoms with Gasteiger partial charge in [0.05, 0.1) is 6.54 Å². The Bertz CT molecular complexity index is 286. The first-order chi connectivity index (χ1) is 7.29. The van der Waals surface area contributed by atoms with Crippen LogP contribution < -0.4 is 5.73 Å². The number of likely N-dealkylation sites (tertiary alicyclic amines) is 1. The zero-order valence-corrected chi connectivity index (χ0v) is 10.0. The maximum Gasteiger partial charge on any atom is 0.107 e. The van der Waals surface area contributed by atoms with Crippen LogP contribution in [0, 0.1) is 5.92 Å². The fourth-order valence-corrected chi connectivity index (χ4v) is 2.90. The van der Waals surface area contributed by atoms with Crippen molar-refractivity contribution in [1.29, 1.82) is 0 Å². The molecule has 1 aromatic heterocycles. The average Bonchev–Trinajstić information content (AvgIpc) is 2.73. The lowest BCUT2D eigenvalue weighted by Crippen LogP contribution is -2.45. The average molecular weight is 225 g/mol. The third-order valence-electron chi connectivity index (χ3n) is 3.19. The summed E-state index contributed by atoms with van der Waals surface area (Å²) in [6.07, 6.45) is 4.41. The molecule has 3 nitrogen and oxygen atoms in total. The van der Waals surface area contributed by atoms with Gasteiger partial charge in [0.25, 0.3) is 0 Å². The van der Waals surface area contributed by atoms with Gasteiger partial charge in [-0.1, -0.05) is 6.92 Å². The SMILES string of the molecule is CC1CCN(Cc2nccs2)C(CN)C1. The molecule has 0 radical (unpaired) electrons. The molecule has 4 heteroatoms. The summed E-state index contributed by atoms with van der Waals surface area (Å²) in [7, 11) is 0. The zero-order valence-electron chi connectivity index (χ0n) is 9.22. The number of aromatic nitrogens is 1. The van der Waals surface area contributed by atoms with Crippen molar-refractivity contribution in [2.24, 2.45) is 11.7 Å². The monoisotopic (exact) mass is 225 g/mol. The van der Waals surface area contributed by atoms with E-state index in [1.54, 1.807) is 11.3 Å². The second-order valence-electron chi connectivity index (χ2n) is 4.42. The van der Waals surface area contributed by atoms with Crippen LogP contribution in [0.4, 0.5) is 0 Å². The number of nitrogens with zero attached hydrogens (tertiary/aromatic N) is 2. The van der Waals surface area contributed by atoms with Gasteiger partial charge >= 0.3 is 0 Å². The number of hydrogen-bond donors (Lipinski definition) is 1. The van der Waals surface area contributed by atoms with Crippen molar-refractivity contribution in [2.75, 3.05) is 13.1 Å². The molecule has 2 rings (SSSR count). The molecule has 1 aromatic rings. The Balaban J connectivity index is 1.95. The molecule has 0 amide bonds. The smallest absolute Gasteiger partial charge is 0.107 e. The third kappa shape index (κ3) is 2.77. The maximum atomic E-state index is 5.83. The molecule has 1 aliphatic rings. The molecule has 0 spiro atoms. The van der Waals surface area contributed by atoms with E-state index in [4.69, 9.17) is 5.73 Å². The summed E-state index contributed by atoms with van der Waals surface area (Å²) in [6, 6.07) is 0.553. The number of piperidine rings is 1. The second-order valence-corrected chi connectivity index (χ2v) is 5.39. The molecule has 0 aromatic carbocycles. The van der Waals surface area contributed by atoms with Crippen molar-refractivity contribution in [3.8, 4) is 0 Å². The van der Waals surface area contributed by atoms with Crippen molar-refractivity contribution in [3.63, 3.8) is 0 Å². The van der Waals surface area contributed by atoms with E-state index < -0.39 is 0 Å². The van der Waals surface area contributed by atoms with E-state index in [0.29, 0.717) is 6.04 Å². The van der Waals surface area contributed by atoms with Crippen LogP contribution in [0.5, 0.6) is 0 Å². The molecule has 2 heterocycles. The van der Waals surface area contributed by atoms with Crippen LogP contribution >= 0.6 is 11.3 Å². The Morgan fingerprint density at radius 1 is 1.67 bits per heavy atom. The van der Waals surface area contributed by atoms with E-state index in [1.807, 2.05) is 11.6 Å². The van der Waals surface area contributed by atoms with Crippen LogP contribution in [-0.4, -0.2) is 29.0 Å². The quantitative estimate of drug-likeness (QED) is 0.851. The number of nitrogens with two attached hydrogens (primary N) is 1.